The number of hydrogen-bond donors (Lipinski definition) is 0. The minimum Gasteiger partial charge on any atom is -0.268 e. The van der Waals surface area contributed by atoms with Gasteiger partial charge in [-0.05, 0) is 29.0 Å². The number of anilines is 1. The number of carbonyl (C=O) groups excluding carboxylic acids is 1. The van der Waals surface area contributed by atoms with Crippen molar-refractivity contribution in [2.75, 3.05) is 4.90 Å². The van der Waals surface area contributed by atoms with Crippen molar-refractivity contribution in [3.63, 3.8) is 0 Å². The number of nitrogens with zero attached hydrogens (tertiary/aromatic N) is 1. The van der Waals surface area contributed by atoms with Crippen LogP contribution in [0.3, 0.4) is 0 Å². The number of hydrogen-bond acceptors (Lipinski definition) is 4. The number of amides is 1. The molecule has 0 N–H and O–H groups in total. The Labute approximate surface area is 147 Å². The van der Waals surface area contributed by atoms with Crippen LogP contribution >= 0.6 is 35.3 Å². The van der Waals surface area contributed by atoms with Crippen LogP contribution in [0.15, 0.2) is 64.9 Å². The number of fused-ring (bicyclic) bond motifs is 1. The fourth-order valence-electron chi connectivity index (χ4n) is 2.58. The predicted octanol–water partition coefficient (Wildman–Crippen LogP) is 5.31. The van der Waals surface area contributed by atoms with Gasteiger partial charge < -0.3 is 0 Å². The highest BCUT2D eigenvalue weighted by Crippen LogP contribution is 2.39. The van der Waals surface area contributed by atoms with Gasteiger partial charge in [-0.15, -0.1) is 11.3 Å². The molecule has 0 unspecified atom stereocenters. The number of thioether (sulfide) groups is 1. The number of rotatable bonds is 2. The van der Waals surface area contributed by atoms with Gasteiger partial charge in [0.05, 0.1) is 10.6 Å². The first-order valence-electron chi connectivity index (χ1n) is 7.03. The Kier molecular flexibility index (Phi) is 3.77. The van der Waals surface area contributed by atoms with Crippen molar-refractivity contribution >= 4 is 68.1 Å². The Morgan fingerprint density at radius 2 is 1.83 bits per heavy atom. The van der Waals surface area contributed by atoms with Crippen molar-refractivity contribution in [1.82, 2.24) is 0 Å². The highest BCUT2D eigenvalue weighted by atomic mass is 32.2. The van der Waals surface area contributed by atoms with Crippen molar-refractivity contribution in [3.05, 3.63) is 69.8 Å². The fraction of sp³-hybridized carbons (Fsp3) is 0. The molecule has 0 saturated carbocycles. The first-order valence-corrected chi connectivity index (χ1v) is 9.14. The number of thiophene rings is 1. The molecule has 112 valence electrons. The molecule has 4 rings (SSSR count). The lowest BCUT2D eigenvalue weighted by molar-refractivity contribution is -0.113. The molecule has 1 aliphatic heterocycles. The van der Waals surface area contributed by atoms with Crippen LogP contribution in [-0.2, 0) is 4.79 Å². The van der Waals surface area contributed by atoms with Gasteiger partial charge in [0.2, 0.25) is 0 Å². The fourth-order valence-corrected chi connectivity index (χ4v) is 4.59. The summed E-state index contributed by atoms with van der Waals surface area (Å²) in [4.78, 5) is 16.2. The quantitative estimate of drug-likeness (QED) is 0.460. The minimum absolute atomic E-state index is 0.0512. The highest BCUT2D eigenvalue weighted by Gasteiger charge is 2.34. The largest absolute Gasteiger partial charge is 0.270 e. The third kappa shape index (κ3) is 2.61. The molecule has 0 spiro atoms. The molecular weight excluding hydrogens is 342 g/mol. The van der Waals surface area contributed by atoms with E-state index in [1.54, 1.807) is 16.2 Å². The van der Waals surface area contributed by atoms with Gasteiger partial charge in [0.1, 0.15) is 0 Å². The standard InChI is InChI=1S/C18H11NOS3/c20-17-16(11-13-7-4-10-22-13)23-18(21)19(17)15-9-3-6-12-5-1-2-8-14(12)15/h1-11H/b16-11+. The summed E-state index contributed by atoms with van der Waals surface area (Å²) in [5.41, 5.74) is 0.847. The van der Waals surface area contributed by atoms with Gasteiger partial charge in [0.15, 0.2) is 4.32 Å². The average molecular weight is 353 g/mol. The second-order valence-electron chi connectivity index (χ2n) is 5.03. The van der Waals surface area contributed by atoms with E-state index in [4.69, 9.17) is 12.2 Å². The van der Waals surface area contributed by atoms with Gasteiger partial charge >= 0.3 is 0 Å². The number of benzene rings is 2. The van der Waals surface area contributed by atoms with E-state index in [0.29, 0.717) is 9.23 Å². The Hall–Kier alpha value is -1.95. The van der Waals surface area contributed by atoms with Gasteiger partial charge in [0.25, 0.3) is 5.91 Å². The molecule has 1 saturated heterocycles. The zero-order valence-electron chi connectivity index (χ0n) is 11.9. The van der Waals surface area contributed by atoms with E-state index in [1.165, 1.54) is 11.8 Å². The average Bonchev–Trinajstić information content (AvgIpc) is 3.16. The molecule has 23 heavy (non-hydrogen) atoms. The summed E-state index contributed by atoms with van der Waals surface area (Å²) in [5, 5.41) is 4.13. The third-order valence-corrected chi connectivity index (χ3v) is 5.74. The maximum absolute atomic E-state index is 12.8. The van der Waals surface area contributed by atoms with Gasteiger partial charge in [-0.3, -0.25) is 9.69 Å². The summed E-state index contributed by atoms with van der Waals surface area (Å²) >= 11 is 8.43. The van der Waals surface area contributed by atoms with E-state index >= 15 is 0 Å². The van der Waals surface area contributed by atoms with Crippen LogP contribution in [0.4, 0.5) is 5.69 Å². The molecule has 1 amide bonds. The molecule has 2 nitrogen and oxygen atoms in total. The molecule has 1 aliphatic rings. The number of carbonyl (C=O) groups is 1. The van der Waals surface area contributed by atoms with E-state index in [9.17, 15) is 4.79 Å². The van der Waals surface area contributed by atoms with E-state index in [2.05, 4.69) is 0 Å². The third-order valence-electron chi connectivity index (χ3n) is 3.62. The van der Waals surface area contributed by atoms with Gasteiger partial charge in [-0.25, -0.2) is 0 Å². The van der Waals surface area contributed by atoms with Crippen LogP contribution in [0, 0.1) is 0 Å². The second-order valence-corrected chi connectivity index (χ2v) is 7.69. The Morgan fingerprint density at radius 3 is 2.65 bits per heavy atom. The highest BCUT2D eigenvalue weighted by molar-refractivity contribution is 8.27. The molecule has 2 aromatic carbocycles. The topological polar surface area (TPSA) is 20.3 Å². The van der Waals surface area contributed by atoms with E-state index in [1.807, 2.05) is 66.1 Å². The van der Waals surface area contributed by atoms with Gasteiger partial charge in [-0.2, -0.15) is 0 Å². The molecule has 3 aromatic rings. The summed E-state index contributed by atoms with van der Waals surface area (Å²) in [6, 6.07) is 17.9. The summed E-state index contributed by atoms with van der Waals surface area (Å²) in [6.07, 6.45) is 1.91. The van der Waals surface area contributed by atoms with Crippen molar-refractivity contribution < 1.29 is 4.79 Å². The smallest absolute Gasteiger partial charge is 0.268 e. The van der Waals surface area contributed by atoms with Crippen molar-refractivity contribution in [2.45, 2.75) is 0 Å². The molecule has 0 aliphatic carbocycles. The first kappa shape index (κ1) is 14.6. The monoisotopic (exact) mass is 353 g/mol. The first-order chi connectivity index (χ1) is 11.2. The lowest BCUT2D eigenvalue weighted by Gasteiger charge is -2.17. The van der Waals surface area contributed by atoms with E-state index in [-0.39, 0.29) is 5.91 Å². The van der Waals surface area contributed by atoms with E-state index < -0.39 is 0 Å². The lowest BCUT2D eigenvalue weighted by atomic mass is 10.1. The Morgan fingerprint density at radius 1 is 1.00 bits per heavy atom. The zero-order valence-corrected chi connectivity index (χ0v) is 14.4. The van der Waals surface area contributed by atoms with Crippen LogP contribution in [0.5, 0.6) is 0 Å². The van der Waals surface area contributed by atoms with Crippen molar-refractivity contribution in [3.8, 4) is 0 Å². The summed E-state index contributed by atoms with van der Waals surface area (Å²) < 4.78 is 0.578. The minimum atomic E-state index is -0.0512. The molecule has 1 fully saturated rings. The van der Waals surface area contributed by atoms with Gasteiger partial charge in [0, 0.05) is 10.3 Å². The maximum Gasteiger partial charge on any atom is 0.270 e. The SMILES string of the molecule is O=C1/C(=C\c2cccs2)SC(=S)N1c1cccc2ccccc12. The summed E-state index contributed by atoms with van der Waals surface area (Å²) in [7, 11) is 0. The van der Waals surface area contributed by atoms with Crippen LogP contribution < -0.4 is 4.90 Å². The predicted molar refractivity (Wildman–Crippen MR) is 104 cm³/mol. The molecule has 1 aromatic heterocycles. The number of thiocarbonyl (C=S) groups is 1. The molecule has 2 heterocycles. The second kappa shape index (κ2) is 5.92. The van der Waals surface area contributed by atoms with Crippen LogP contribution in [0.2, 0.25) is 0 Å². The van der Waals surface area contributed by atoms with Crippen LogP contribution in [0.25, 0.3) is 16.8 Å². The summed E-state index contributed by atoms with van der Waals surface area (Å²) in [6.45, 7) is 0. The lowest BCUT2D eigenvalue weighted by Crippen LogP contribution is -2.27. The zero-order chi connectivity index (χ0) is 15.8. The molecule has 0 atom stereocenters. The van der Waals surface area contributed by atoms with Crippen molar-refractivity contribution in [1.29, 1.82) is 0 Å². The molecule has 0 radical (unpaired) electrons. The van der Waals surface area contributed by atoms with Gasteiger partial charge in [-0.1, -0.05) is 66.4 Å². The Bertz CT molecular complexity index is 939. The molecular formula is C18H11NOS3. The van der Waals surface area contributed by atoms with Crippen LogP contribution in [-0.4, -0.2) is 10.2 Å². The summed E-state index contributed by atoms with van der Waals surface area (Å²) in [5.74, 6) is -0.0512. The van der Waals surface area contributed by atoms with Crippen LogP contribution in [0.1, 0.15) is 4.88 Å². The Balaban J connectivity index is 1.80. The van der Waals surface area contributed by atoms with Crippen molar-refractivity contribution in [2.24, 2.45) is 0 Å². The normalized spacial score (nSPS) is 16.7. The molecule has 5 heteroatoms. The maximum atomic E-state index is 12.8. The van der Waals surface area contributed by atoms with E-state index in [0.717, 1.165) is 21.3 Å². The molecule has 0 bridgehead atoms.